The first kappa shape index (κ1) is 20.9. The van der Waals surface area contributed by atoms with Crippen LogP contribution in [-0.4, -0.2) is 21.6 Å². The lowest BCUT2D eigenvalue weighted by molar-refractivity contribution is -0.115. The summed E-state index contributed by atoms with van der Waals surface area (Å²) in [6, 6.07) is 15.4. The molecule has 1 aromatic heterocycles. The molecule has 0 spiro atoms. The molecular weight excluding hydrogens is 412 g/mol. The van der Waals surface area contributed by atoms with Gasteiger partial charge >= 0.3 is 0 Å². The average molecular weight is 435 g/mol. The molecule has 1 aliphatic heterocycles. The summed E-state index contributed by atoms with van der Waals surface area (Å²) in [5, 5.41) is 2.62. The molecule has 0 aliphatic carbocycles. The van der Waals surface area contributed by atoms with Crippen molar-refractivity contribution < 1.29 is 19.1 Å². The van der Waals surface area contributed by atoms with Crippen LogP contribution in [0.5, 0.6) is 5.75 Å². The second-order valence-corrected chi connectivity index (χ2v) is 9.33. The monoisotopic (exact) mass is 434 g/mol. The number of fused-ring (bicyclic) bond motifs is 1. The molecule has 1 N–H and O–H groups in total. The lowest BCUT2D eigenvalue weighted by Gasteiger charge is -2.17. The van der Waals surface area contributed by atoms with Gasteiger partial charge in [-0.05, 0) is 41.6 Å². The predicted octanol–water partition coefficient (Wildman–Crippen LogP) is 5.23. The van der Waals surface area contributed by atoms with Crippen LogP contribution in [0.15, 0.2) is 59.6 Å². The number of carbonyl (C=O) groups excluding carboxylic acids is 3. The standard InChI is InChI=1S/C24H22N2O4S/c1-24(2,3)22(28)26-13-16(11-20-21(27)25-23(29)31-20)18-12-17(9-10-19(18)26)30-14-15-7-5-4-6-8-15/h4-13H,14H2,1-3H3,(H,25,27,29). The highest BCUT2D eigenvalue weighted by Gasteiger charge is 2.28. The molecular formula is C24H22N2O4S. The van der Waals surface area contributed by atoms with E-state index in [0.717, 1.165) is 22.7 Å². The van der Waals surface area contributed by atoms with Crippen molar-refractivity contribution >= 4 is 45.8 Å². The van der Waals surface area contributed by atoms with E-state index in [-0.39, 0.29) is 5.91 Å². The first-order valence-electron chi connectivity index (χ1n) is 9.84. The summed E-state index contributed by atoms with van der Waals surface area (Å²) in [4.78, 5) is 36.9. The Labute approximate surface area is 184 Å². The molecule has 0 radical (unpaired) electrons. The van der Waals surface area contributed by atoms with Gasteiger partial charge in [-0.2, -0.15) is 0 Å². The Kier molecular flexibility index (Phi) is 5.45. The van der Waals surface area contributed by atoms with E-state index in [1.54, 1.807) is 16.8 Å². The van der Waals surface area contributed by atoms with Gasteiger partial charge in [0.25, 0.3) is 11.1 Å². The van der Waals surface area contributed by atoms with E-state index in [1.165, 1.54) is 0 Å². The fraction of sp³-hybridized carbons (Fsp3) is 0.208. The molecule has 158 valence electrons. The maximum Gasteiger partial charge on any atom is 0.290 e. The van der Waals surface area contributed by atoms with Crippen LogP contribution in [0.4, 0.5) is 4.79 Å². The van der Waals surface area contributed by atoms with Gasteiger partial charge in [0.1, 0.15) is 12.4 Å². The third-order valence-corrected chi connectivity index (χ3v) is 5.65. The molecule has 1 saturated heterocycles. The summed E-state index contributed by atoms with van der Waals surface area (Å²) in [5.74, 6) is 0.144. The van der Waals surface area contributed by atoms with E-state index >= 15 is 0 Å². The van der Waals surface area contributed by atoms with Gasteiger partial charge in [0.2, 0.25) is 5.91 Å². The average Bonchev–Trinajstić information content (AvgIpc) is 3.24. The molecule has 0 atom stereocenters. The first-order chi connectivity index (χ1) is 14.7. The van der Waals surface area contributed by atoms with Crippen LogP contribution in [0, 0.1) is 5.41 Å². The highest BCUT2D eigenvalue weighted by molar-refractivity contribution is 8.18. The summed E-state index contributed by atoms with van der Waals surface area (Å²) in [6.45, 7) is 5.98. The number of carbonyl (C=O) groups is 3. The minimum Gasteiger partial charge on any atom is -0.489 e. The van der Waals surface area contributed by atoms with Crippen molar-refractivity contribution in [1.29, 1.82) is 0 Å². The van der Waals surface area contributed by atoms with Gasteiger partial charge in [0.15, 0.2) is 0 Å². The molecule has 0 unspecified atom stereocenters. The van der Waals surface area contributed by atoms with Crippen molar-refractivity contribution in [2.45, 2.75) is 27.4 Å². The Morgan fingerprint density at radius 2 is 1.87 bits per heavy atom. The number of hydrogen-bond donors (Lipinski definition) is 1. The van der Waals surface area contributed by atoms with Crippen LogP contribution < -0.4 is 10.1 Å². The largest absolute Gasteiger partial charge is 0.489 e. The number of imide groups is 1. The molecule has 7 heteroatoms. The second-order valence-electron chi connectivity index (χ2n) is 8.32. The van der Waals surface area contributed by atoms with Crippen LogP contribution in [0.2, 0.25) is 0 Å². The Balaban J connectivity index is 1.76. The quantitative estimate of drug-likeness (QED) is 0.569. The SMILES string of the molecule is CC(C)(C)C(=O)n1cc(C=C2SC(=O)NC2=O)c2cc(OCc3ccccc3)ccc21. The molecule has 0 bridgehead atoms. The Hall–Kier alpha value is -3.32. The van der Waals surface area contributed by atoms with Crippen molar-refractivity contribution in [3.05, 3.63) is 70.8 Å². The molecule has 2 heterocycles. The van der Waals surface area contributed by atoms with Gasteiger partial charge in [-0.25, -0.2) is 0 Å². The third-order valence-electron chi connectivity index (χ3n) is 4.84. The number of nitrogens with one attached hydrogen (secondary N) is 1. The number of aromatic nitrogens is 1. The van der Waals surface area contributed by atoms with Crippen molar-refractivity contribution in [2.24, 2.45) is 5.41 Å². The summed E-state index contributed by atoms with van der Waals surface area (Å²) in [5.41, 5.74) is 1.84. The Bertz CT molecular complexity index is 1220. The Morgan fingerprint density at radius 1 is 1.13 bits per heavy atom. The van der Waals surface area contributed by atoms with Crippen LogP contribution in [-0.2, 0) is 11.4 Å². The number of amides is 2. The summed E-state index contributed by atoms with van der Waals surface area (Å²) in [6.07, 6.45) is 3.35. The van der Waals surface area contributed by atoms with Crippen LogP contribution in [0.1, 0.15) is 36.7 Å². The topological polar surface area (TPSA) is 77.4 Å². The molecule has 3 aromatic rings. The molecule has 4 rings (SSSR count). The van der Waals surface area contributed by atoms with Gasteiger partial charge in [0, 0.05) is 22.6 Å². The van der Waals surface area contributed by atoms with E-state index in [4.69, 9.17) is 4.74 Å². The van der Waals surface area contributed by atoms with Gasteiger partial charge in [0.05, 0.1) is 10.4 Å². The van der Waals surface area contributed by atoms with Crippen molar-refractivity contribution in [1.82, 2.24) is 9.88 Å². The number of rotatable bonds is 4. The number of ether oxygens (including phenoxy) is 1. The van der Waals surface area contributed by atoms with Crippen LogP contribution >= 0.6 is 11.8 Å². The minimum absolute atomic E-state index is 0.0697. The first-order valence-corrected chi connectivity index (χ1v) is 10.7. The summed E-state index contributed by atoms with van der Waals surface area (Å²) < 4.78 is 7.55. The Morgan fingerprint density at radius 3 is 2.52 bits per heavy atom. The van der Waals surface area contributed by atoms with E-state index < -0.39 is 16.6 Å². The lowest BCUT2D eigenvalue weighted by atomic mass is 9.95. The maximum atomic E-state index is 13.0. The number of thioether (sulfide) groups is 1. The molecule has 2 amide bonds. The van der Waals surface area contributed by atoms with Crippen LogP contribution in [0.3, 0.4) is 0 Å². The minimum atomic E-state index is -0.589. The normalized spacial score (nSPS) is 15.5. The number of hydrogen-bond acceptors (Lipinski definition) is 5. The molecule has 6 nitrogen and oxygen atoms in total. The van der Waals surface area contributed by atoms with Gasteiger partial charge in [-0.1, -0.05) is 51.1 Å². The summed E-state index contributed by atoms with van der Waals surface area (Å²) in [7, 11) is 0. The zero-order valence-electron chi connectivity index (χ0n) is 17.5. The fourth-order valence-electron chi connectivity index (χ4n) is 3.27. The van der Waals surface area contributed by atoms with E-state index in [2.05, 4.69) is 5.32 Å². The van der Waals surface area contributed by atoms with Crippen molar-refractivity contribution in [3.63, 3.8) is 0 Å². The van der Waals surface area contributed by atoms with Gasteiger partial charge in [-0.3, -0.25) is 24.3 Å². The van der Waals surface area contributed by atoms with Gasteiger partial charge < -0.3 is 4.74 Å². The molecule has 0 saturated carbocycles. The summed E-state index contributed by atoms with van der Waals surface area (Å²) >= 11 is 0.848. The zero-order chi connectivity index (χ0) is 22.2. The van der Waals surface area contributed by atoms with Crippen molar-refractivity contribution in [3.8, 4) is 5.75 Å². The predicted molar refractivity (Wildman–Crippen MR) is 122 cm³/mol. The van der Waals surface area contributed by atoms with E-state index in [1.807, 2.05) is 69.3 Å². The maximum absolute atomic E-state index is 13.0. The number of nitrogens with zero attached hydrogens (tertiary/aromatic N) is 1. The van der Waals surface area contributed by atoms with Crippen molar-refractivity contribution in [2.75, 3.05) is 0 Å². The zero-order valence-corrected chi connectivity index (χ0v) is 18.3. The molecule has 1 aliphatic rings. The van der Waals surface area contributed by atoms with Crippen LogP contribution in [0.25, 0.3) is 17.0 Å². The van der Waals surface area contributed by atoms with Gasteiger partial charge in [-0.15, -0.1) is 0 Å². The highest BCUT2D eigenvalue weighted by atomic mass is 32.2. The third kappa shape index (κ3) is 4.41. The molecule has 2 aromatic carbocycles. The van der Waals surface area contributed by atoms with E-state index in [0.29, 0.717) is 28.3 Å². The smallest absolute Gasteiger partial charge is 0.290 e. The molecule has 1 fully saturated rings. The lowest BCUT2D eigenvalue weighted by Crippen LogP contribution is -2.26. The number of benzene rings is 2. The highest BCUT2D eigenvalue weighted by Crippen LogP contribution is 2.33. The fourth-order valence-corrected chi connectivity index (χ4v) is 3.95. The molecule has 31 heavy (non-hydrogen) atoms. The van der Waals surface area contributed by atoms with E-state index in [9.17, 15) is 14.4 Å². The second kappa shape index (κ2) is 8.07.